The van der Waals surface area contributed by atoms with Crippen molar-refractivity contribution in [3.8, 4) is 5.75 Å². The van der Waals surface area contributed by atoms with Crippen LogP contribution in [0.3, 0.4) is 0 Å². The van der Waals surface area contributed by atoms with Crippen LogP contribution in [0.2, 0.25) is 5.02 Å². The van der Waals surface area contributed by atoms with Gasteiger partial charge in [0.05, 0.1) is 24.3 Å². The Kier molecular flexibility index (Phi) is 5.09. The van der Waals surface area contributed by atoms with E-state index in [1.807, 2.05) is 0 Å². The number of hydrogen-bond acceptors (Lipinski definition) is 3. The number of alkyl halides is 1. The van der Waals surface area contributed by atoms with Crippen LogP contribution in [-0.2, 0) is 4.74 Å². The molecule has 0 atom stereocenters. The summed E-state index contributed by atoms with van der Waals surface area (Å²) in [5.41, 5.74) is 1.16. The molecule has 1 aromatic rings. The summed E-state index contributed by atoms with van der Waals surface area (Å²) in [4.78, 5) is 11.4. The minimum absolute atomic E-state index is 0.391. The molecule has 0 unspecified atom stereocenters. The van der Waals surface area contributed by atoms with Gasteiger partial charge in [0.25, 0.3) is 0 Å². The van der Waals surface area contributed by atoms with Gasteiger partial charge in [-0.3, -0.25) is 0 Å². The predicted octanol–water partition coefficient (Wildman–Crippen LogP) is 3.21. The lowest BCUT2D eigenvalue weighted by Gasteiger charge is -2.12. The Balaban J connectivity index is 3.11. The Hall–Kier alpha value is -0.740. The summed E-state index contributed by atoms with van der Waals surface area (Å²) < 4.78 is 10.1. The number of hydrogen-bond donors (Lipinski definition) is 0. The van der Waals surface area contributed by atoms with Crippen LogP contribution in [0.1, 0.15) is 15.9 Å². The Labute approximate surface area is 108 Å². The third-order valence-corrected chi connectivity index (χ3v) is 2.71. The molecule has 0 radical (unpaired) electrons. The maximum Gasteiger partial charge on any atom is 0.338 e. The number of benzene rings is 1. The van der Waals surface area contributed by atoms with Gasteiger partial charge in [-0.05, 0) is 19.1 Å². The molecule has 5 heteroatoms. The molecule has 0 aliphatic carbocycles. The van der Waals surface area contributed by atoms with Gasteiger partial charge in [0.2, 0.25) is 0 Å². The van der Waals surface area contributed by atoms with Crippen molar-refractivity contribution >= 4 is 33.5 Å². The van der Waals surface area contributed by atoms with Crippen LogP contribution in [0.4, 0.5) is 0 Å². The van der Waals surface area contributed by atoms with E-state index < -0.39 is 5.97 Å². The van der Waals surface area contributed by atoms with Crippen LogP contribution < -0.4 is 4.74 Å². The summed E-state index contributed by atoms with van der Waals surface area (Å²) in [6, 6.07) is 3.26. The summed E-state index contributed by atoms with van der Waals surface area (Å²) in [6.07, 6.45) is 0. The summed E-state index contributed by atoms with van der Waals surface area (Å²) in [5.74, 6) is 0.141. The topological polar surface area (TPSA) is 35.5 Å². The molecule has 0 spiro atoms. The minimum atomic E-state index is -0.391. The molecule has 0 aromatic heterocycles. The van der Waals surface area contributed by atoms with Crippen molar-refractivity contribution in [3.63, 3.8) is 0 Å². The quantitative estimate of drug-likeness (QED) is 0.633. The highest BCUT2D eigenvalue weighted by Gasteiger charge is 2.15. The number of methoxy groups -OCH3 is 1. The third-order valence-electron chi connectivity index (χ3n) is 2.09. The highest BCUT2D eigenvalue weighted by atomic mass is 79.9. The summed E-state index contributed by atoms with van der Waals surface area (Å²) in [6.45, 7) is 2.27. The van der Waals surface area contributed by atoms with Gasteiger partial charge < -0.3 is 9.47 Å². The van der Waals surface area contributed by atoms with Crippen molar-refractivity contribution in [3.05, 3.63) is 28.3 Å². The van der Waals surface area contributed by atoms with Crippen molar-refractivity contribution < 1.29 is 14.3 Å². The molecule has 0 aliphatic rings. The lowest BCUT2D eigenvalue weighted by atomic mass is 10.1. The maximum absolute atomic E-state index is 11.4. The first-order chi connectivity index (χ1) is 7.61. The zero-order valence-corrected chi connectivity index (χ0v) is 11.4. The average Bonchev–Trinajstić information content (AvgIpc) is 2.28. The molecule has 1 rings (SSSR count). The number of ether oxygens (including phenoxy) is 2. The van der Waals surface area contributed by atoms with E-state index in [2.05, 4.69) is 20.7 Å². The van der Waals surface area contributed by atoms with E-state index in [1.54, 1.807) is 19.1 Å². The summed E-state index contributed by atoms with van der Waals surface area (Å²) in [5, 5.41) is 1.19. The van der Waals surface area contributed by atoms with Crippen molar-refractivity contribution in [2.75, 3.05) is 19.0 Å². The van der Waals surface area contributed by atoms with Gasteiger partial charge in [0, 0.05) is 10.9 Å². The van der Waals surface area contributed by atoms with Gasteiger partial charge >= 0.3 is 5.97 Å². The van der Waals surface area contributed by atoms with Crippen LogP contribution in [0.25, 0.3) is 0 Å². The van der Waals surface area contributed by atoms with E-state index >= 15 is 0 Å². The second-order valence-electron chi connectivity index (χ2n) is 3.08. The second kappa shape index (κ2) is 6.11. The van der Waals surface area contributed by atoms with Crippen LogP contribution in [0.5, 0.6) is 5.75 Å². The Morgan fingerprint density at radius 1 is 1.50 bits per heavy atom. The fourth-order valence-electron chi connectivity index (χ4n) is 1.31. The predicted molar refractivity (Wildman–Crippen MR) is 66.8 cm³/mol. The number of rotatable bonds is 4. The largest absolute Gasteiger partial charge is 0.491 e. The fourth-order valence-corrected chi connectivity index (χ4v) is 1.73. The molecule has 0 saturated carbocycles. The molecule has 16 heavy (non-hydrogen) atoms. The van der Waals surface area contributed by atoms with Crippen molar-refractivity contribution in [1.29, 1.82) is 0 Å². The number of carbonyl (C=O) groups excluding carboxylic acids is 1. The van der Waals surface area contributed by atoms with Gasteiger partial charge in [-0.15, -0.1) is 0 Å². The zero-order valence-electron chi connectivity index (χ0n) is 9.05. The van der Waals surface area contributed by atoms with Gasteiger partial charge in [0.15, 0.2) is 0 Å². The molecule has 1 aromatic carbocycles. The van der Waals surface area contributed by atoms with E-state index in [4.69, 9.17) is 16.3 Å². The monoisotopic (exact) mass is 306 g/mol. The van der Waals surface area contributed by atoms with Crippen LogP contribution >= 0.6 is 27.5 Å². The molecule has 0 aliphatic heterocycles. The second-order valence-corrected chi connectivity index (χ2v) is 4.28. The molecular weight excluding hydrogens is 295 g/mol. The van der Waals surface area contributed by atoms with E-state index in [0.29, 0.717) is 33.8 Å². The third kappa shape index (κ3) is 2.89. The molecule has 0 amide bonds. The van der Waals surface area contributed by atoms with Crippen molar-refractivity contribution in [2.24, 2.45) is 0 Å². The lowest BCUT2D eigenvalue weighted by Crippen LogP contribution is -2.07. The fraction of sp³-hybridized carbons (Fsp3) is 0.364. The highest BCUT2D eigenvalue weighted by molar-refractivity contribution is 9.09. The average molecular weight is 308 g/mol. The molecule has 0 fully saturated rings. The van der Waals surface area contributed by atoms with Gasteiger partial charge in [-0.1, -0.05) is 27.5 Å². The lowest BCUT2D eigenvalue weighted by molar-refractivity contribution is 0.0599. The van der Waals surface area contributed by atoms with Crippen LogP contribution in [0.15, 0.2) is 12.1 Å². The van der Waals surface area contributed by atoms with E-state index in [0.717, 1.165) is 0 Å². The Bertz CT molecular complexity index is 393. The Morgan fingerprint density at radius 2 is 2.19 bits per heavy atom. The first-order valence-electron chi connectivity index (χ1n) is 4.68. The molecule has 0 heterocycles. The van der Waals surface area contributed by atoms with E-state index in [9.17, 15) is 4.79 Å². The number of carbonyl (C=O) groups is 1. The molecule has 0 N–H and O–H groups in total. The van der Waals surface area contributed by atoms with Crippen LogP contribution in [-0.4, -0.2) is 25.0 Å². The standard InChI is InChI=1S/C11H12BrClO3/c1-7-8(11(14)15-2)3-4-9(13)10(7)16-6-5-12/h3-4H,5-6H2,1-2H3. The molecule has 88 valence electrons. The van der Waals surface area contributed by atoms with E-state index in [-0.39, 0.29) is 0 Å². The number of esters is 1. The smallest absolute Gasteiger partial charge is 0.338 e. The SMILES string of the molecule is COC(=O)c1ccc(Cl)c(OCCBr)c1C. The van der Waals surface area contributed by atoms with Crippen molar-refractivity contribution in [1.82, 2.24) is 0 Å². The molecular formula is C11H12BrClO3. The highest BCUT2D eigenvalue weighted by Crippen LogP contribution is 2.31. The van der Waals surface area contributed by atoms with E-state index in [1.165, 1.54) is 7.11 Å². The van der Waals surface area contributed by atoms with Gasteiger partial charge in [-0.25, -0.2) is 4.79 Å². The minimum Gasteiger partial charge on any atom is -0.491 e. The molecule has 3 nitrogen and oxygen atoms in total. The Morgan fingerprint density at radius 3 is 2.75 bits per heavy atom. The first kappa shape index (κ1) is 13.3. The molecule has 0 bridgehead atoms. The van der Waals surface area contributed by atoms with Crippen molar-refractivity contribution in [2.45, 2.75) is 6.92 Å². The normalized spacial score (nSPS) is 10.0. The summed E-state index contributed by atoms with van der Waals surface area (Å²) >= 11 is 9.25. The maximum atomic E-state index is 11.4. The first-order valence-corrected chi connectivity index (χ1v) is 6.18. The number of halogens is 2. The van der Waals surface area contributed by atoms with Crippen LogP contribution in [0, 0.1) is 6.92 Å². The summed E-state index contributed by atoms with van der Waals surface area (Å²) in [7, 11) is 1.34. The van der Waals surface area contributed by atoms with Gasteiger partial charge in [0.1, 0.15) is 5.75 Å². The van der Waals surface area contributed by atoms with Gasteiger partial charge in [-0.2, -0.15) is 0 Å². The zero-order chi connectivity index (χ0) is 12.1. The molecule has 0 saturated heterocycles.